The van der Waals surface area contributed by atoms with E-state index in [-0.39, 0.29) is 5.97 Å². The third kappa shape index (κ3) is 33.5. The van der Waals surface area contributed by atoms with Gasteiger partial charge in [-0.1, -0.05) is 199 Å². The first-order valence-corrected chi connectivity index (χ1v) is 23.8. The summed E-state index contributed by atoms with van der Waals surface area (Å²) in [5.74, 6) is 1.03. The molecule has 0 aliphatic heterocycles. The summed E-state index contributed by atoms with van der Waals surface area (Å²) in [6.45, 7) is 15.2. The van der Waals surface area contributed by atoms with Crippen LogP contribution in [0.4, 0.5) is 0 Å². The zero-order chi connectivity index (χ0) is 39.0. The Morgan fingerprint density at radius 2 is 0.963 bits per heavy atom. The topological polar surface area (TPSA) is 38.8 Å². The molecule has 1 aromatic rings. The fourth-order valence-corrected chi connectivity index (χ4v) is 7.61. The quantitative estimate of drug-likeness (QED) is 0.0379. The average Bonchev–Trinajstić information content (AvgIpc) is 3.17. The Morgan fingerprint density at radius 1 is 0.537 bits per heavy atom. The number of rotatable bonds is 42. The highest BCUT2D eigenvalue weighted by atomic mass is 16.5. The van der Waals surface area contributed by atoms with Crippen molar-refractivity contribution in [1.82, 2.24) is 4.90 Å². The van der Waals surface area contributed by atoms with E-state index in [1.807, 2.05) is 0 Å². The Bertz CT molecular complexity index is 917. The molecular weight excluding hydrogens is 663 g/mol. The third-order valence-corrected chi connectivity index (χ3v) is 11.1. The lowest BCUT2D eigenvalue weighted by atomic mass is 10.0. The second-order valence-electron chi connectivity index (χ2n) is 16.5. The fourth-order valence-electron chi connectivity index (χ4n) is 7.61. The van der Waals surface area contributed by atoms with Crippen LogP contribution in [0.15, 0.2) is 42.7 Å². The van der Waals surface area contributed by atoms with Crippen LogP contribution in [-0.4, -0.2) is 36.7 Å². The van der Waals surface area contributed by atoms with E-state index in [2.05, 4.69) is 62.6 Å². The van der Waals surface area contributed by atoms with E-state index in [1.54, 1.807) is 0 Å². The summed E-state index contributed by atoms with van der Waals surface area (Å²) in [6.07, 6.45) is 41.5. The lowest BCUT2D eigenvalue weighted by Gasteiger charge is -2.22. The minimum absolute atomic E-state index is 0.000435. The monoisotopic (exact) mass is 754 g/mol. The molecule has 0 saturated carbocycles. The molecule has 0 aliphatic carbocycles. The van der Waals surface area contributed by atoms with Gasteiger partial charge in [-0.2, -0.15) is 0 Å². The number of hydrogen-bond acceptors (Lipinski definition) is 4. The molecule has 0 N–H and O–H groups in total. The number of allylic oxidation sites excluding steroid dienone is 1. The summed E-state index contributed by atoms with van der Waals surface area (Å²) in [7, 11) is 0. The standard InChI is InChI=1S/C50H91NO3/c1-5-8-11-14-17-26-36-45-53-50(52)42-33-23-19-25-35-44-51(46-48-38-29-27-30-39-48)43-34-24-18-20-28-37-47(4)54-49(40-31-21-15-12-9-6-2)41-32-22-16-13-10-7-3/h27,29-30,38-39,49H,4-26,28,31-37,40-46H2,1-3H3. The minimum atomic E-state index is -0.000435. The maximum absolute atomic E-state index is 12.1. The second-order valence-corrected chi connectivity index (χ2v) is 16.5. The average molecular weight is 754 g/mol. The number of benzene rings is 1. The molecular formula is C50H91NO3. The molecule has 1 aromatic carbocycles. The van der Waals surface area contributed by atoms with Crippen LogP contribution in [0.3, 0.4) is 0 Å². The van der Waals surface area contributed by atoms with Crippen molar-refractivity contribution in [2.75, 3.05) is 19.7 Å². The molecule has 0 radical (unpaired) electrons. The number of esters is 1. The molecule has 0 unspecified atom stereocenters. The summed E-state index contributed by atoms with van der Waals surface area (Å²) < 4.78 is 12.0. The fraction of sp³-hybridized carbons (Fsp3) is 0.820. The van der Waals surface area contributed by atoms with Crippen molar-refractivity contribution in [2.24, 2.45) is 0 Å². The summed E-state index contributed by atoms with van der Waals surface area (Å²) in [5, 5.41) is 0. The Labute approximate surface area is 337 Å². The van der Waals surface area contributed by atoms with Crippen molar-refractivity contribution in [3.8, 4) is 0 Å². The first-order valence-electron chi connectivity index (χ1n) is 23.8. The van der Waals surface area contributed by atoms with Crippen molar-refractivity contribution in [3.63, 3.8) is 0 Å². The molecule has 1 rings (SSSR count). The van der Waals surface area contributed by atoms with Crippen LogP contribution in [0.25, 0.3) is 0 Å². The SMILES string of the molecule is C=C(CCCCCCCN(CCCCCCCC(=O)OCCCCCCCCC)Cc1ccccc1)OC(CCCCCCCC)CCCCCCCC. The molecule has 314 valence electrons. The summed E-state index contributed by atoms with van der Waals surface area (Å²) in [5.41, 5.74) is 1.41. The Morgan fingerprint density at radius 3 is 1.48 bits per heavy atom. The molecule has 0 heterocycles. The first kappa shape index (κ1) is 50.2. The Balaban J connectivity index is 2.24. The molecule has 54 heavy (non-hydrogen) atoms. The van der Waals surface area contributed by atoms with Crippen LogP contribution in [0.5, 0.6) is 0 Å². The van der Waals surface area contributed by atoms with E-state index in [4.69, 9.17) is 9.47 Å². The minimum Gasteiger partial charge on any atom is -0.495 e. The lowest BCUT2D eigenvalue weighted by Crippen LogP contribution is -2.25. The zero-order valence-electron chi connectivity index (χ0n) is 36.5. The van der Waals surface area contributed by atoms with Crippen LogP contribution < -0.4 is 0 Å². The highest BCUT2D eigenvalue weighted by Gasteiger charge is 2.12. The highest BCUT2D eigenvalue weighted by Crippen LogP contribution is 2.21. The van der Waals surface area contributed by atoms with E-state index >= 15 is 0 Å². The van der Waals surface area contributed by atoms with Gasteiger partial charge in [0.2, 0.25) is 0 Å². The van der Waals surface area contributed by atoms with Crippen molar-refractivity contribution in [3.05, 3.63) is 48.2 Å². The molecule has 4 heteroatoms. The van der Waals surface area contributed by atoms with Gasteiger partial charge in [0.15, 0.2) is 0 Å². The Hall–Kier alpha value is -1.81. The smallest absolute Gasteiger partial charge is 0.305 e. The van der Waals surface area contributed by atoms with Crippen molar-refractivity contribution >= 4 is 5.97 Å². The maximum atomic E-state index is 12.1. The molecule has 0 saturated heterocycles. The van der Waals surface area contributed by atoms with Crippen LogP contribution in [0.1, 0.15) is 238 Å². The number of carbonyl (C=O) groups is 1. The molecule has 0 bridgehead atoms. The van der Waals surface area contributed by atoms with Gasteiger partial charge in [-0.05, 0) is 76.4 Å². The predicted octanol–water partition coefficient (Wildman–Crippen LogP) is 15.9. The van der Waals surface area contributed by atoms with Gasteiger partial charge in [-0.15, -0.1) is 0 Å². The van der Waals surface area contributed by atoms with E-state index in [0.29, 0.717) is 19.1 Å². The maximum Gasteiger partial charge on any atom is 0.305 e. The van der Waals surface area contributed by atoms with Gasteiger partial charge < -0.3 is 9.47 Å². The van der Waals surface area contributed by atoms with E-state index in [9.17, 15) is 4.79 Å². The first-order chi connectivity index (χ1) is 26.6. The molecule has 0 aliphatic rings. The van der Waals surface area contributed by atoms with Gasteiger partial charge in [0.1, 0.15) is 0 Å². The summed E-state index contributed by atoms with van der Waals surface area (Å²) in [6, 6.07) is 11.0. The van der Waals surface area contributed by atoms with Gasteiger partial charge in [0.25, 0.3) is 0 Å². The second kappa shape index (κ2) is 39.4. The van der Waals surface area contributed by atoms with Crippen LogP contribution in [0.2, 0.25) is 0 Å². The normalized spacial score (nSPS) is 11.5. The van der Waals surface area contributed by atoms with Gasteiger partial charge >= 0.3 is 5.97 Å². The lowest BCUT2D eigenvalue weighted by molar-refractivity contribution is -0.143. The molecule has 0 spiro atoms. The molecule has 4 nitrogen and oxygen atoms in total. The van der Waals surface area contributed by atoms with Crippen LogP contribution in [0, 0.1) is 0 Å². The Kier molecular flexibility index (Phi) is 36.7. The number of carbonyl (C=O) groups excluding carboxylic acids is 1. The van der Waals surface area contributed by atoms with E-state index < -0.39 is 0 Å². The number of unbranched alkanes of at least 4 members (excludes halogenated alkanes) is 24. The van der Waals surface area contributed by atoms with Crippen molar-refractivity contribution in [2.45, 2.75) is 245 Å². The van der Waals surface area contributed by atoms with Crippen LogP contribution >= 0.6 is 0 Å². The number of ether oxygens (including phenoxy) is 2. The van der Waals surface area contributed by atoms with Gasteiger partial charge in [0, 0.05) is 19.4 Å². The van der Waals surface area contributed by atoms with Gasteiger partial charge in [0.05, 0.1) is 18.5 Å². The zero-order valence-corrected chi connectivity index (χ0v) is 36.5. The number of nitrogens with zero attached hydrogens (tertiary/aromatic N) is 1. The predicted molar refractivity (Wildman–Crippen MR) is 236 cm³/mol. The van der Waals surface area contributed by atoms with Crippen molar-refractivity contribution in [1.29, 1.82) is 0 Å². The van der Waals surface area contributed by atoms with Crippen molar-refractivity contribution < 1.29 is 14.3 Å². The van der Waals surface area contributed by atoms with Gasteiger partial charge in [-0.3, -0.25) is 9.69 Å². The molecule has 0 amide bonds. The largest absolute Gasteiger partial charge is 0.495 e. The highest BCUT2D eigenvalue weighted by molar-refractivity contribution is 5.69. The molecule has 0 aromatic heterocycles. The summed E-state index contributed by atoms with van der Waals surface area (Å²) in [4.78, 5) is 14.8. The van der Waals surface area contributed by atoms with Gasteiger partial charge in [-0.25, -0.2) is 0 Å². The van der Waals surface area contributed by atoms with Crippen LogP contribution in [-0.2, 0) is 20.8 Å². The molecule has 0 atom stereocenters. The summed E-state index contributed by atoms with van der Waals surface area (Å²) >= 11 is 0. The van der Waals surface area contributed by atoms with E-state index in [0.717, 1.165) is 44.5 Å². The number of hydrogen-bond donors (Lipinski definition) is 0. The third-order valence-electron chi connectivity index (χ3n) is 11.1. The molecule has 0 fully saturated rings. The van der Waals surface area contributed by atoms with E-state index in [1.165, 1.54) is 192 Å².